The molecule has 1 aliphatic rings. The van der Waals surface area contributed by atoms with E-state index in [2.05, 4.69) is 18.3 Å². The monoisotopic (exact) mass is 305 g/mol. The summed E-state index contributed by atoms with van der Waals surface area (Å²) < 4.78 is 19.5. The summed E-state index contributed by atoms with van der Waals surface area (Å²) in [5, 5.41) is 3.63. The highest BCUT2D eigenvalue weighted by atomic mass is 32.2. The van der Waals surface area contributed by atoms with Gasteiger partial charge in [-0.1, -0.05) is 12.1 Å². The predicted molar refractivity (Wildman–Crippen MR) is 84.2 cm³/mol. The van der Waals surface area contributed by atoms with E-state index in [4.69, 9.17) is 4.42 Å². The molecule has 0 spiro atoms. The Balaban J connectivity index is 1.84. The largest absolute Gasteiger partial charge is 0.466 e. The Kier molecular flexibility index (Phi) is 4.09. The fraction of sp³-hybridized carbons (Fsp3) is 0.412. The van der Waals surface area contributed by atoms with Crippen molar-refractivity contribution >= 4 is 11.8 Å². The molecule has 2 atom stereocenters. The molecule has 0 bridgehead atoms. The van der Waals surface area contributed by atoms with Gasteiger partial charge in [-0.3, -0.25) is 0 Å². The van der Waals surface area contributed by atoms with E-state index < -0.39 is 0 Å². The molecule has 112 valence electrons. The highest BCUT2D eigenvalue weighted by molar-refractivity contribution is 7.99. The molecule has 2 nitrogen and oxygen atoms in total. The average Bonchev–Trinajstić information content (AvgIpc) is 2.79. The Morgan fingerprint density at radius 2 is 2.19 bits per heavy atom. The maximum Gasteiger partial charge on any atom is 0.137 e. The number of furan rings is 1. The molecule has 0 saturated heterocycles. The van der Waals surface area contributed by atoms with Crippen molar-refractivity contribution in [3.63, 3.8) is 0 Å². The molecule has 4 heteroatoms. The summed E-state index contributed by atoms with van der Waals surface area (Å²) in [6, 6.07) is 7.83. The normalized spacial score (nSPS) is 19.3. The quantitative estimate of drug-likeness (QED) is 0.871. The third-order valence-electron chi connectivity index (χ3n) is 4.02. The van der Waals surface area contributed by atoms with Gasteiger partial charge in [0, 0.05) is 22.5 Å². The molecular formula is C17H20FNOS. The lowest BCUT2D eigenvalue weighted by molar-refractivity contribution is 0.434. The molecule has 3 rings (SSSR count). The molecule has 1 aromatic carbocycles. The second-order valence-electron chi connectivity index (χ2n) is 5.60. The lowest BCUT2D eigenvalue weighted by atomic mass is 10.0. The summed E-state index contributed by atoms with van der Waals surface area (Å²) >= 11 is 1.62. The smallest absolute Gasteiger partial charge is 0.137 e. The van der Waals surface area contributed by atoms with Crippen LogP contribution in [0.2, 0.25) is 0 Å². The van der Waals surface area contributed by atoms with Gasteiger partial charge in [0.1, 0.15) is 17.3 Å². The number of hydrogen-bond acceptors (Lipinski definition) is 3. The van der Waals surface area contributed by atoms with E-state index in [1.54, 1.807) is 23.9 Å². The maximum absolute atomic E-state index is 13.9. The van der Waals surface area contributed by atoms with Crippen LogP contribution in [0.25, 0.3) is 0 Å². The van der Waals surface area contributed by atoms with Gasteiger partial charge in [0.15, 0.2) is 0 Å². The first-order valence-corrected chi connectivity index (χ1v) is 8.29. The van der Waals surface area contributed by atoms with Crippen LogP contribution in [0, 0.1) is 19.7 Å². The predicted octanol–water partition coefficient (Wildman–Crippen LogP) is 4.92. The van der Waals surface area contributed by atoms with Gasteiger partial charge in [-0.05, 0) is 50.6 Å². The Morgan fingerprint density at radius 1 is 1.38 bits per heavy atom. The summed E-state index contributed by atoms with van der Waals surface area (Å²) in [6.07, 6.45) is 1.02. The zero-order chi connectivity index (χ0) is 15.0. The fourth-order valence-corrected chi connectivity index (χ4v) is 4.17. The van der Waals surface area contributed by atoms with Gasteiger partial charge in [0.2, 0.25) is 0 Å². The van der Waals surface area contributed by atoms with Crippen LogP contribution in [0.1, 0.15) is 48.1 Å². The summed E-state index contributed by atoms with van der Waals surface area (Å²) in [7, 11) is 0. The van der Waals surface area contributed by atoms with Crippen molar-refractivity contribution in [1.29, 1.82) is 0 Å². The van der Waals surface area contributed by atoms with Gasteiger partial charge in [-0.15, -0.1) is 11.8 Å². The highest BCUT2D eigenvalue weighted by Gasteiger charge is 2.25. The van der Waals surface area contributed by atoms with Crippen molar-refractivity contribution in [1.82, 2.24) is 5.32 Å². The van der Waals surface area contributed by atoms with Crippen molar-refractivity contribution in [3.8, 4) is 0 Å². The minimum Gasteiger partial charge on any atom is -0.466 e. The van der Waals surface area contributed by atoms with E-state index in [1.165, 1.54) is 5.56 Å². The zero-order valence-electron chi connectivity index (χ0n) is 12.6. The number of thioether (sulfide) groups is 1. The molecule has 21 heavy (non-hydrogen) atoms. The molecule has 0 saturated carbocycles. The van der Waals surface area contributed by atoms with Crippen LogP contribution in [0.5, 0.6) is 0 Å². The topological polar surface area (TPSA) is 25.2 Å². The third kappa shape index (κ3) is 2.87. The second-order valence-corrected chi connectivity index (χ2v) is 6.71. The van der Waals surface area contributed by atoms with Crippen LogP contribution in [0.15, 0.2) is 33.6 Å². The Hall–Kier alpha value is -1.26. The SMILES string of the molecule is Cc1cc(C(C)NC2CCSc3c(F)cccc32)c(C)o1. The van der Waals surface area contributed by atoms with E-state index >= 15 is 0 Å². The van der Waals surface area contributed by atoms with E-state index in [1.807, 2.05) is 19.9 Å². The van der Waals surface area contributed by atoms with E-state index in [0.717, 1.165) is 34.2 Å². The number of nitrogens with one attached hydrogen (secondary N) is 1. The molecular weight excluding hydrogens is 285 g/mol. The minimum absolute atomic E-state index is 0.105. The standard InChI is InChI=1S/C17H20FNOS/c1-10-9-14(12(3)20-10)11(2)19-16-7-8-21-17-13(16)5-4-6-15(17)18/h4-6,9,11,16,19H,7-8H2,1-3H3. The molecule has 0 radical (unpaired) electrons. The van der Waals surface area contributed by atoms with Crippen LogP contribution in [-0.4, -0.2) is 5.75 Å². The molecule has 1 N–H and O–H groups in total. The lowest BCUT2D eigenvalue weighted by Crippen LogP contribution is -2.27. The number of aryl methyl sites for hydroxylation is 2. The van der Waals surface area contributed by atoms with Crippen molar-refractivity contribution < 1.29 is 8.81 Å². The van der Waals surface area contributed by atoms with Crippen LogP contribution in [0.3, 0.4) is 0 Å². The number of fused-ring (bicyclic) bond motifs is 1. The Labute approximate surface area is 129 Å². The summed E-state index contributed by atoms with van der Waals surface area (Å²) in [6.45, 7) is 6.09. The summed E-state index contributed by atoms with van der Waals surface area (Å²) in [5.41, 5.74) is 2.26. The molecule has 0 amide bonds. The zero-order valence-corrected chi connectivity index (χ0v) is 13.4. The van der Waals surface area contributed by atoms with Gasteiger partial charge >= 0.3 is 0 Å². The number of halogens is 1. The van der Waals surface area contributed by atoms with E-state index in [-0.39, 0.29) is 17.9 Å². The van der Waals surface area contributed by atoms with Gasteiger partial charge in [0.05, 0.1) is 0 Å². The first-order chi connectivity index (χ1) is 10.1. The molecule has 1 aromatic heterocycles. The fourth-order valence-electron chi connectivity index (χ4n) is 3.03. The van der Waals surface area contributed by atoms with E-state index in [0.29, 0.717) is 0 Å². The first-order valence-electron chi connectivity index (χ1n) is 7.30. The van der Waals surface area contributed by atoms with Crippen LogP contribution in [0.4, 0.5) is 4.39 Å². The Bertz CT molecular complexity index is 652. The Morgan fingerprint density at radius 3 is 2.90 bits per heavy atom. The highest BCUT2D eigenvalue weighted by Crippen LogP contribution is 2.39. The summed E-state index contributed by atoms with van der Waals surface area (Å²) in [5.74, 6) is 2.73. The van der Waals surface area contributed by atoms with Crippen molar-refractivity contribution in [2.75, 3.05) is 5.75 Å². The van der Waals surface area contributed by atoms with E-state index in [9.17, 15) is 4.39 Å². The lowest BCUT2D eigenvalue weighted by Gasteiger charge is -2.29. The molecule has 0 aliphatic carbocycles. The minimum atomic E-state index is -0.105. The number of hydrogen-bond donors (Lipinski definition) is 1. The molecule has 2 heterocycles. The van der Waals surface area contributed by atoms with Gasteiger partial charge in [0.25, 0.3) is 0 Å². The third-order valence-corrected chi connectivity index (χ3v) is 5.18. The van der Waals surface area contributed by atoms with Gasteiger partial charge < -0.3 is 9.73 Å². The van der Waals surface area contributed by atoms with Crippen LogP contribution < -0.4 is 5.32 Å². The number of benzene rings is 1. The van der Waals surface area contributed by atoms with Crippen molar-refractivity contribution in [3.05, 3.63) is 52.7 Å². The summed E-state index contributed by atoms with van der Waals surface area (Å²) in [4.78, 5) is 0.800. The number of rotatable bonds is 3. The van der Waals surface area contributed by atoms with Gasteiger partial charge in [-0.25, -0.2) is 4.39 Å². The second kappa shape index (κ2) is 5.85. The average molecular weight is 305 g/mol. The molecule has 1 aliphatic heterocycles. The molecule has 2 aromatic rings. The van der Waals surface area contributed by atoms with Crippen LogP contribution >= 0.6 is 11.8 Å². The van der Waals surface area contributed by atoms with Gasteiger partial charge in [-0.2, -0.15) is 0 Å². The first kappa shape index (κ1) is 14.7. The van der Waals surface area contributed by atoms with Crippen molar-refractivity contribution in [2.45, 2.75) is 44.2 Å². The van der Waals surface area contributed by atoms with Crippen LogP contribution in [-0.2, 0) is 0 Å². The molecule has 0 fully saturated rings. The molecule has 2 unspecified atom stereocenters. The van der Waals surface area contributed by atoms with Crippen molar-refractivity contribution in [2.24, 2.45) is 0 Å². The maximum atomic E-state index is 13.9.